The lowest BCUT2D eigenvalue weighted by atomic mass is 9.90. The zero-order valence-electron chi connectivity index (χ0n) is 14.1. The minimum absolute atomic E-state index is 0. The molecule has 7 heteroatoms. The van der Waals surface area contributed by atoms with Crippen LogP contribution in [0.3, 0.4) is 0 Å². The van der Waals surface area contributed by atoms with Gasteiger partial charge in [-0.2, -0.15) is 5.10 Å². The van der Waals surface area contributed by atoms with E-state index in [-0.39, 0.29) is 18.3 Å². The van der Waals surface area contributed by atoms with Gasteiger partial charge in [-0.3, -0.25) is 4.79 Å². The molecule has 0 aliphatic rings. The average Bonchev–Trinajstić information content (AvgIpc) is 2.96. The number of nitrogens with one attached hydrogen (secondary N) is 1. The second kappa shape index (κ2) is 8.65. The second-order valence-electron chi connectivity index (χ2n) is 6.44. The largest absolute Gasteiger partial charge is 0.344 e. The van der Waals surface area contributed by atoms with Crippen LogP contribution in [0, 0.1) is 5.92 Å². The first kappa shape index (κ1) is 20.7. The van der Waals surface area contributed by atoms with Crippen molar-refractivity contribution in [3.8, 4) is 5.69 Å². The number of halogens is 2. The summed E-state index contributed by atoms with van der Waals surface area (Å²) in [6, 6.07) is 9.45. The Kier molecular flexibility index (Phi) is 7.45. The van der Waals surface area contributed by atoms with Crippen LogP contribution < -0.4 is 11.1 Å². The Labute approximate surface area is 157 Å². The molecule has 1 atom stereocenters. The molecular weight excluding hydrogens is 392 g/mol. The van der Waals surface area contributed by atoms with E-state index in [0.29, 0.717) is 18.2 Å². The van der Waals surface area contributed by atoms with Crippen LogP contribution >= 0.6 is 28.3 Å². The summed E-state index contributed by atoms with van der Waals surface area (Å²) < 4.78 is 2.64. The van der Waals surface area contributed by atoms with Gasteiger partial charge >= 0.3 is 0 Å². The quantitative estimate of drug-likeness (QED) is 0.758. The normalized spacial score (nSPS) is 13.2. The van der Waals surface area contributed by atoms with E-state index in [2.05, 4.69) is 40.2 Å². The average molecular weight is 416 g/mol. The predicted molar refractivity (Wildman–Crippen MR) is 103 cm³/mol. The molecular formula is C17H24BrClN4O. The molecule has 0 radical (unpaired) electrons. The molecule has 1 heterocycles. The van der Waals surface area contributed by atoms with Crippen molar-refractivity contribution >= 4 is 34.2 Å². The molecule has 1 aromatic heterocycles. The van der Waals surface area contributed by atoms with Gasteiger partial charge in [-0.1, -0.05) is 35.8 Å². The summed E-state index contributed by atoms with van der Waals surface area (Å²) in [7, 11) is 0. The number of nitrogens with two attached hydrogens (primary N) is 1. The van der Waals surface area contributed by atoms with Crippen molar-refractivity contribution in [2.75, 3.05) is 6.54 Å². The van der Waals surface area contributed by atoms with Crippen molar-refractivity contribution in [3.05, 3.63) is 46.7 Å². The summed E-state index contributed by atoms with van der Waals surface area (Å²) in [6.07, 6.45) is 2.60. The summed E-state index contributed by atoms with van der Waals surface area (Å²) in [5.41, 5.74) is 6.70. The number of aromatic nitrogens is 2. The SMILES string of the molecule is CC(C)CC(C)(CN)NC(=O)c1ccn(-c2cccc(Br)c2)n1.Cl. The molecule has 132 valence electrons. The Bertz CT molecular complexity index is 689. The predicted octanol–water partition coefficient (Wildman–Crippen LogP) is 3.55. The molecule has 2 rings (SSSR count). The van der Waals surface area contributed by atoms with E-state index >= 15 is 0 Å². The number of carbonyl (C=O) groups is 1. The zero-order chi connectivity index (χ0) is 17.0. The van der Waals surface area contributed by atoms with Crippen LogP contribution in [-0.2, 0) is 0 Å². The van der Waals surface area contributed by atoms with Gasteiger partial charge in [-0.05, 0) is 43.5 Å². The third kappa shape index (κ3) is 5.33. The van der Waals surface area contributed by atoms with Crippen molar-refractivity contribution in [1.82, 2.24) is 15.1 Å². The molecule has 1 amide bonds. The molecule has 0 saturated heterocycles. The molecule has 1 aromatic carbocycles. The number of hydrogen-bond donors (Lipinski definition) is 2. The second-order valence-corrected chi connectivity index (χ2v) is 7.36. The highest BCUT2D eigenvalue weighted by atomic mass is 79.9. The van der Waals surface area contributed by atoms with Crippen molar-refractivity contribution in [2.24, 2.45) is 11.7 Å². The van der Waals surface area contributed by atoms with Crippen LogP contribution in [0.4, 0.5) is 0 Å². The van der Waals surface area contributed by atoms with Crippen LogP contribution in [0.5, 0.6) is 0 Å². The Morgan fingerprint density at radius 3 is 2.71 bits per heavy atom. The molecule has 0 aliphatic heterocycles. The first-order valence-corrected chi connectivity index (χ1v) is 8.46. The van der Waals surface area contributed by atoms with E-state index in [9.17, 15) is 4.79 Å². The number of nitrogens with zero attached hydrogens (tertiary/aromatic N) is 2. The Morgan fingerprint density at radius 1 is 1.42 bits per heavy atom. The van der Waals surface area contributed by atoms with E-state index in [1.54, 1.807) is 16.9 Å². The van der Waals surface area contributed by atoms with Crippen molar-refractivity contribution in [3.63, 3.8) is 0 Å². The molecule has 1 unspecified atom stereocenters. The first-order chi connectivity index (χ1) is 10.8. The van der Waals surface area contributed by atoms with Crippen LogP contribution in [0.25, 0.3) is 5.69 Å². The Balaban J connectivity index is 0.00000288. The fourth-order valence-corrected chi connectivity index (χ4v) is 3.02. The molecule has 5 nitrogen and oxygen atoms in total. The molecule has 3 N–H and O–H groups in total. The standard InChI is InChI=1S/C17H23BrN4O.ClH/c1-12(2)10-17(3,11-19)20-16(23)15-7-8-22(21-15)14-6-4-5-13(18)9-14;/h4-9,12H,10-11,19H2,1-3H3,(H,20,23);1H. The highest BCUT2D eigenvalue weighted by Crippen LogP contribution is 2.17. The Hall–Kier alpha value is -1.37. The zero-order valence-corrected chi connectivity index (χ0v) is 16.5. The van der Waals surface area contributed by atoms with Gasteiger partial charge in [0.15, 0.2) is 5.69 Å². The summed E-state index contributed by atoms with van der Waals surface area (Å²) in [5.74, 6) is 0.246. The van der Waals surface area contributed by atoms with E-state index in [0.717, 1.165) is 16.6 Å². The van der Waals surface area contributed by atoms with Gasteiger partial charge in [0.05, 0.1) is 11.2 Å². The van der Waals surface area contributed by atoms with Crippen LogP contribution in [0.2, 0.25) is 0 Å². The highest BCUT2D eigenvalue weighted by molar-refractivity contribution is 9.10. The summed E-state index contributed by atoms with van der Waals surface area (Å²) in [4.78, 5) is 12.5. The fourth-order valence-electron chi connectivity index (χ4n) is 2.63. The molecule has 0 spiro atoms. The van der Waals surface area contributed by atoms with Crippen molar-refractivity contribution < 1.29 is 4.79 Å². The summed E-state index contributed by atoms with van der Waals surface area (Å²) >= 11 is 3.43. The lowest BCUT2D eigenvalue weighted by Crippen LogP contribution is -2.52. The van der Waals surface area contributed by atoms with E-state index in [4.69, 9.17) is 5.73 Å². The molecule has 0 saturated carbocycles. The van der Waals surface area contributed by atoms with E-state index in [1.807, 2.05) is 31.2 Å². The maximum atomic E-state index is 12.5. The lowest BCUT2D eigenvalue weighted by Gasteiger charge is -2.30. The molecule has 0 bridgehead atoms. The fraction of sp³-hybridized carbons (Fsp3) is 0.412. The first-order valence-electron chi connectivity index (χ1n) is 7.67. The Morgan fingerprint density at radius 2 is 2.12 bits per heavy atom. The van der Waals surface area contributed by atoms with Crippen LogP contribution in [0.15, 0.2) is 41.0 Å². The van der Waals surface area contributed by atoms with Gasteiger partial charge in [-0.15, -0.1) is 12.4 Å². The molecule has 0 aliphatic carbocycles. The van der Waals surface area contributed by atoms with Gasteiger partial charge in [0.1, 0.15) is 0 Å². The summed E-state index contributed by atoms with van der Waals surface area (Å²) in [6.45, 7) is 6.59. The van der Waals surface area contributed by atoms with E-state index < -0.39 is 5.54 Å². The number of rotatable bonds is 6. The minimum Gasteiger partial charge on any atom is -0.344 e. The van der Waals surface area contributed by atoms with E-state index in [1.165, 1.54) is 0 Å². The highest BCUT2D eigenvalue weighted by Gasteiger charge is 2.27. The number of amides is 1. The van der Waals surface area contributed by atoms with Crippen LogP contribution in [0.1, 0.15) is 37.7 Å². The third-order valence-electron chi connectivity index (χ3n) is 3.62. The lowest BCUT2D eigenvalue weighted by molar-refractivity contribution is 0.0892. The monoisotopic (exact) mass is 414 g/mol. The van der Waals surface area contributed by atoms with Gasteiger partial charge < -0.3 is 11.1 Å². The summed E-state index contributed by atoms with van der Waals surface area (Å²) in [5, 5.41) is 7.38. The third-order valence-corrected chi connectivity index (χ3v) is 4.11. The van der Waals surface area contributed by atoms with Gasteiger partial charge in [0.25, 0.3) is 5.91 Å². The smallest absolute Gasteiger partial charge is 0.272 e. The van der Waals surface area contributed by atoms with Gasteiger partial charge in [0.2, 0.25) is 0 Å². The number of benzene rings is 1. The molecule has 2 aromatic rings. The molecule has 24 heavy (non-hydrogen) atoms. The topological polar surface area (TPSA) is 72.9 Å². The minimum atomic E-state index is -0.426. The van der Waals surface area contributed by atoms with Gasteiger partial charge in [0, 0.05) is 17.2 Å². The van der Waals surface area contributed by atoms with Crippen molar-refractivity contribution in [1.29, 1.82) is 0 Å². The number of carbonyl (C=O) groups excluding carboxylic acids is 1. The number of hydrogen-bond acceptors (Lipinski definition) is 3. The van der Waals surface area contributed by atoms with Crippen LogP contribution in [-0.4, -0.2) is 27.8 Å². The van der Waals surface area contributed by atoms with Gasteiger partial charge in [-0.25, -0.2) is 4.68 Å². The maximum Gasteiger partial charge on any atom is 0.272 e. The maximum absolute atomic E-state index is 12.5. The molecule has 0 fully saturated rings. The van der Waals surface area contributed by atoms with Crippen molar-refractivity contribution in [2.45, 2.75) is 32.7 Å².